The Hall–Kier alpha value is -4.46. The molecular weight excluding hydrogens is 446 g/mol. The van der Waals surface area contributed by atoms with E-state index < -0.39 is 0 Å². The number of aromatic nitrogens is 2. The van der Waals surface area contributed by atoms with Crippen molar-refractivity contribution in [3.63, 3.8) is 0 Å². The molecule has 0 amide bonds. The summed E-state index contributed by atoms with van der Waals surface area (Å²) in [5.41, 5.74) is 5.12. The number of hydrogen-bond donors (Lipinski definition) is 1. The SMILES string of the molecule is COc1ccccc1/C=C/CNn1c(-c2cc(OC)c(OC)c(OC)c2)nc2ccccc2c1=O. The van der Waals surface area contributed by atoms with Crippen LogP contribution in [0, 0.1) is 0 Å². The van der Waals surface area contributed by atoms with Gasteiger partial charge in [-0.2, -0.15) is 0 Å². The molecule has 0 atom stereocenters. The largest absolute Gasteiger partial charge is 0.496 e. The molecule has 4 rings (SSSR count). The monoisotopic (exact) mass is 473 g/mol. The molecule has 0 radical (unpaired) electrons. The van der Waals surface area contributed by atoms with Gasteiger partial charge in [0.2, 0.25) is 5.75 Å². The molecule has 0 spiro atoms. The van der Waals surface area contributed by atoms with E-state index in [4.69, 9.17) is 23.9 Å². The van der Waals surface area contributed by atoms with Gasteiger partial charge in [-0.25, -0.2) is 9.66 Å². The van der Waals surface area contributed by atoms with Crippen LogP contribution in [0.2, 0.25) is 0 Å². The number of benzene rings is 3. The van der Waals surface area contributed by atoms with Gasteiger partial charge in [-0.05, 0) is 30.3 Å². The van der Waals surface area contributed by atoms with Gasteiger partial charge in [0.1, 0.15) is 5.75 Å². The molecular formula is C27H27N3O5. The number of nitrogens with zero attached hydrogens (tertiary/aromatic N) is 2. The number of rotatable bonds is 9. The third kappa shape index (κ3) is 4.77. The zero-order valence-corrected chi connectivity index (χ0v) is 20.1. The molecule has 0 aliphatic rings. The van der Waals surface area contributed by atoms with Gasteiger partial charge in [-0.3, -0.25) is 4.79 Å². The van der Waals surface area contributed by atoms with E-state index in [1.807, 2.05) is 54.6 Å². The van der Waals surface area contributed by atoms with Crippen LogP contribution in [0.4, 0.5) is 0 Å². The lowest BCUT2D eigenvalue weighted by molar-refractivity contribution is 0.324. The minimum atomic E-state index is -0.218. The van der Waals surface area contributed by atoms with E-state index in [9.17, 15) is 4.79 Å². The van der Waals surface area contributed by atoms with Crippen LogP contribution in [0.15, 0.2) is 71.5 Å². The van der Waals surface area contributed by atoms with Crippen LogP contribution >= 0.6 is 0 Å². The standard InChI is InChI=1S/C27H27N3O5/c1-32-22-14-8-5-10-18(22)11-9-15-28-30-26(29-21-13-7-6-12-20(21)27(30)31)19-16-23(33-2)25(35-4)24(17-19)34-3/h5-14,16-17,28H,15H2,1-4H3/b11-9+. The van der Waals surface area contributed by atoms with Crippen molar-refractivity contribution in [2.45, 2.75) is 0 Å². The number of para-hydroxylation sites is 2. The van der Waals surface area contributed by atoms with Crippen molar-refractivity contribution in [2.75, 3.05) is 40.4 Å². The summed E-state index contributed by atoms with van der Waals surface area (Å²) in [6, 6.07) is 18.5. The molecule has 8 nitrogen and oxygen atoms in total. The maximum atomic E-state index is 13.4. The first kappa shape index (κ1) is 23.7. The van der Waals surface area contributed by atoms with Gasteiger partial charge in [-0.1, -0.05) is 42.5 Å². The fourth-order valence-corrected chi connectivity index (χ4v) is 3.82. The zero-order valence-electron chi connectivity index (χ0n) is 20.1. The molecule has 8 heteroatoms. The maximum absolute atomic E-state index is 13.4. The summed E-state index contributed by atoms with van der Waals surface area (Å²) in [7, 11) is 6.26. The highest BCUT2D eigenvalue weighted by Crippen LogP contribution is 2.40. The highest BCUT2D eigenvalue weighted by molar-refractivity contribution is 5.80. The van der Waals surface area contributed by atoms with E-state index in [0.29, 0.717) is 46.1 Å². The predicted octanol–water partition coefficient (Wildman–Crippen LogP) is 4.35. The van der Waals surface area contributed by atoms with Gasteiger partial charge in [0.05, 0.1) is 39.3 Å². The Morgan fingerprint density at radius 3 is 2.20 bits per heavy atom. The highest BCUT2D eigenvalue weighted by Gasteiger charge is 2.18. The topological polar surface area (TPSA) is 83.8 Å². The molecule has 1 aromatic heterocycles. The van der Waals surface area contributed by atoms with Crippen molar-refractivity contribution in [3.05, 3.63) is 82.7 Å². The van der Waals surface area contributed by atoms with Crippen molar-refractivity contribution in [2.24, 2.45) is 0 Å². The number of nitrogens with one attached hydrogen (secondary N) is 1. The van der Waals surface area contributed by atoms with E-state index in [2.05, 4.69) is 5.43 Å². The molecule has 0 aliphatic heterocycles. The van der Waals surface area contributed by atoms with Crippen molar-refractivity contribution >= 4 is 17.0 Å². The first-order valence-corrected chi connectivity index (χ1v) is 11.0. The van der Waals surface area contributed by atoms with Gasteiger partial charge in [0.15, 0.2) is 17.3 Å². The summed E-state index contributed by atoms with van der Waals surface area (Å²) < 4.78 is 23.3. The lowest BCUT2D eigenvalue weighted by Gasteiger charge is -2.17. The molecule has 4 aromatic rings. The number of methoxy groups -OCH3 is 4. The first-order chi connectivity index (χ1) is 17.1. The first-order valence-electron chi connectivity index (χ1n) is 11.0. The second kappa shape index (κ2) is 10.6. The Labute approximate surface area is 203 Å². The fraction of sp³-hybridized carbons (Fsp3) is 0.185. The normalized spacial score (nSPS) is 11.0. The molecule has 0 fully saturated rings. The number of ether oxygens (including phenoxy) is 4. The Kier molecular flexibility index (Phi) is 7.21. The minimum Gasteiger partial charge on any atom is -0.496 e. The van der Waals surface area contributed by atoms with Crippen LogP contribution in [-0.2, 0) is 0 Å². The van der Waals surface area contributed by atoms with Crippen LogP contribution < -0.4 is 29.9 Å². The molecule has 1 heterocycles. The second-order valence-electron chi connectivity index (χ2n) is 7.51. The number of hydrogen-bond acceptors (Lipinski definition) is 7. The quantitative estimate of drug-likeness (QED) is 0.387. The Morgan fingerprint density at radius 1 is 0.857 bits per heavy atom. The molecule has 35 heavy (non-hydrogen) atoms. The summed E-state index contributed by atoms with van der Waals surface area (Å²) >= 11 is 0. The van der Waals surface area contributed by atoms with E-state index in [1.54, 1.807) is 46.6 Å². The predicted molar refractivity (Wildman–Crippen MR) is 137 cm³/mol. The maximum Gasteiger partial charge on any atom is 0.280 e. The van der Waals surface area contributed by atoms with Gasteiger partial charge in [0.25, 0.3) is 5.56 Å². The molecule has 180 valence electrons. The smallest absolute Gasteiger partial charge is 0.280 e. The van der Waals surface area contributed by atoms with Crippen LogP contribution in [0.25, 0.3) is 28.4 Å². The van der Waals surface area contributed by atoms with E-state index in [-0.39, 0.29) is 5.56 Å². The van der Waals surface area contributed by atoms with Gasteiger partial charge in [0, 0.05) is 17.7 Å². The van der Waals surface area contributed by atoms with Gasteiger partial charge >= 0.3 is 0 Å². The fourth-order valence-electron chi connectivity index (χ4n) is 3.82. The van der Waals surface area contributed by atoms with Crippen LogP contribution in [0.5, 0.6) is 23.0 Å². The van der Waals surface area contributed by atoms with Gasteiger partial charge in [-0.15, -0.1) is 0 Å². The van der Waals surface area contributed by atoms with Crippen LogP contribution in [-0.4, -0.2) is 44.6 Å². The minimum absolute atomic E-state index is 0.218. The lowest BCUT2D eigenvalue weighted by atomic mass is 10.1. The Morgan fingerprint density at radius 2 is 1.51 bits per heavy atom. The molecule has 3 aromatic carbocycles. The average molecular weight is 474 g/mol. The third-order valence-electron chi connectivity index (χ3n) is 5.50. The van der Waals surface area contributed by atoms with Crippen molar-refractivity contribution in [1.29, 1.82) is 0 Å². The Bertz CT molecular complexity index is 1400. The molecule has 0 aliphatic carbocycles. The lowest BCUT2D eigenvalue weighted by Crippen LogP contribution is -2.31. The summed E-state index contributed by atoms with van der Waals surface area (Å²) in [5.74, 6) is 2.57. The Balaban J connectivity index is 1.78. The average Bonchev–Trinajstić information content (AvgIpc) is 2.91. The zero-order chi connectivity index (χ0) is 24.8. The summed E-state index contributed by atoms with van der Waals surface area (Å²) in [5, 5.41) is 0.505. The second-order valence-corrected chi connectivity index (χ2v) is 7.51. The molecule has 0 bridgehead atoms. The molecule has 0 saturated heterocycles. The highest BCUT2D eigenvalue weighted by atomic mass is 16.5. The molecule has 0 saturated carbocycles. The summed E-state index contributed by atoms with van der Waals surface area (Å²) in [6.45, 7) is 0.370. The van der Waals surface area contributed by atoms with Crippen molar-refractivity contribution < 1.29 is 18.9 Å². The van der Waals surface area contributed by atoms with Crippen LogP contribution in [0.1, 0.15) is 5.56 Å². The van der Waals surface area contributed by atoms with E-state index >= 15 is 0 Å². The van der Waals surface area contributed by atoms with Crippen LogP contribution in [0.3, 0.4) is 0 Å². The molecule has 1 N–H and O–H groups in total. The van der Waals surface area contributed by atoms with Crippen molar-refractivity contribution in [3.8, 4) is 34.4 Å². The van der Waals surface area contributed by atoms with E-state index in [0.717, 1.165) is 11.3 Å². The summed E-state index contributed by atoms with van der Waals surface area (Å²) in [6.07, 6.45) is 3.85. The molecule has 0 unspecified atom stereocenters. The number of fused-ring (bicyclic) bond motifs is 1. The third-order valence-corrected chi connectivity index (χ3v) is 5.50. The summed E-state index contributed by atoms with van der Waals surface area (Å²) in [4.78, 5) is 18.2. The van der Waals surface area contributed by atoms with Crippen molar-refractivity contribution in [1.82, 2.24) is 9.66 Å². The van der Waals surface area contributed by atoms with Gasteiger partial charge < -0.3 is 24.4 Å². The van der Waals surface area contributed by atoms with E-state index in [1.165, 1.54) is 4.68 Å².